The van der Waals surface area contributed by atoms with Crippen molar-refractivity contribution in [2.75, 3.05) is 0 Å². The van der Waals surface area contributed by atoms with E-state index in [0.717, 1.165) is 0 Å². The van der Waals surface area contributed by atoms with Gasteiger partial charge >= 0.3 is 0 Å². The van der Waals surface area contributed by atoms with Crippen LogP contribution >= 0.6 is 0 Å². The van der Waals surface area contributed by atoms with Crippen molar-refractivity contribution < 1.29 is 4.79 Å². The zero-order chi connectivity index (χ0) is 5.70. The van der Waals surface area contributed by atoms with E-state index < -0.39 is 0 Å². The second kappa shape index (κ2) is 3.35. The number of nitriles is 1. The molecule has 0 aromatic carbocycles. The first-order valence-corrected chi connectivity index (χ1v) is 1.99. The SMILES string of the molecule is [CH2]C(=O)CCC#N. The largest absolute Gasteiger partial charge is 0.300 e. The van der Waals surface area contributed by atoms with Gasteiger partial charge in [0.05, 0.1) is 6.07 Å². The lowest BCUT2D eigenvalue weighted by molar-refractivity contribution is -0.114. The highest BCUT2D eigenvalue weighted by Gasteiger charge is 1.87. The number of ketones is 1. The minimum Gasteiger partial charge on any atom is -0.300 e. The van der Waals surface area contributed by atoms with E-state index in [1.165, 1.54) is 0 Å². The van der Waals surface area contributed by atoms with Gasteiger partial charge in [-0.25, -0.2) is 0 Å². The topological polar surface area (TPSA) is 40.9 Å². The molecule has 1 radical (unpaired) electrons. The lowest BCUT2D eigenvalue weighted by Crippen LogP contribution is -1.86. The summed E-state index contributed by atoms with van der Waals surface area (Å²) in [5.41, 5.74) is 0. The zero-order valence-corrected chi connectivity index (χ0v) is 3.98. The number of rotatable bonds is 2. The predicted octanol–water partition coefficient (Wildman–Crippen LogP) is 0.693. The maximum absolute atomic E-state index is 9.94. The maximum atomic E-state index is 9.94. The molecule has 2 heteroatoms. The number of hydrogen-bond acceptors (Lipinski definition) is 2. The average Bonchev–Trinajstić information content (AvgIpc) is 1.61. The van der Waals surface area contributed by atoms with E-state index in [4.69, 9.17) is 5.26 Å². The molecule has 0 aromatic rings. The van der Waals surface area contributed by atoms with E-state index in [9.17, 15) is 4.79 Å². The summed E-state index contributed by atoms with van der Waals surface area (Å²) in [7, 11) is 0. The third kappa shape index (κ3) is 5.16. The molecule has 0 atom stereocenters. The Kier molecular flexibility index (Phi) is 2.95. The normalized spacial score (nSPS) is 7.43. The lowest BCUT2D eigenvalue weighted by atomic mass is 10.2. The van der Waals surface area contributed by atoms with Crippen molar-refractivity contribution in [2.45, 2.75) is 12.8 Å². The standard InChI is InChI=1S/C5H6NO/c1-5(7)3-2-4-6/h1-3H2. The van der Waals surface area contributed by atoms with Crippen molar-refractivity contribution in [2.24, 2.45) is 0 Å². The van der Waals surface area contributed by atoms with Crippen molar-refractivity contribution >= 4 is 5.78 Å². The fraction of sp³-hybridized carbons (Fsp3) is 0.400. The Bertz CT molecular complexity index is 101. The van der Waals surface area contributed by atoms with Crippen molar-refractivity contribution in [1.29, 1.82) is 5.26 Å². The summed E-state index contributed by atoms with van der Waals surface area (Å²) >= 11 is 0. The van der Waals surface area contributed by atoms with Crippen LogP contribution in [0, 0.1) is 18.3 Å². The van der Waals surface area contributed by atoms with Gasteiger partial charge in [0.25, 0.3) is 0 Å². The second-order valence-corrected chi connectivity index (χ2v) is 1.20. The van der Waals surface area contributed by atoms with E-state index in [-0.39, 0.29) is 12.2 Å². The van der Waals surface area contributed by atoms with Crippen LogP contribution in [0.5, 0.6) is 0 Å². The Labute approximate surface area is 42.8 Å². The molecule has 0 bridgehead atoms. The van der Waals surface area contributed by atoms with Crippen LogP contribution in [0.2, 0.25) is 0 Å². The molecule has 0 aliphatic heterocycles. The molecule has 0 fully saturated rings. The van der Waals surface area contributed by atoms with Gasteiger partial charge in [0.1, 0.15) is 5.78 Å². The van der Waals surface area contributed by atoms with Gasteiger partial charge in [0, 0.05) is 19.8 Å². The maximum Gasteiger partial charge on any atom is 0.134 e. The molecular formula is C5H6NO. The van der Waals surface area contributed by atoms with Crippen LogP contribution < -0.4 is 0 Å². The van der Waals surface area contributed by atoms with Crippen LogP contribution in [0.15, 0.2) is 0 Å². The smallest absolute Gasteiger partial charge is 0.134 e. The summed E-state index contributed by atoms with van der Waals surface area (Å²) in [6, 6.07) is 1.84. The minimum absolute atomic E-state index is 0.165. The van der Waals surface area contributed by atoms with E-state index in [2.05, 4.69) is 6.92 Å². The summed E-state index contributed by atoms with van der Waals surface area (Å²) in [6.07, 6.45) is 0.582. The molecule has 0 N–H and O–H groups in total. The number of nitrogens with zero attached hydrogens (tertiary/aromatic N) is 1. The highest BCUT2D eigenvalue weighted by molar-refractivity contribution is 5.82. The first-order chi connectivity index (χ1) is 3.27. The van der Waals surface area contributed by atoms with Gasteiger partial charge in [-0.1, -0.05) is 0 Å². The Balaban J connectivity index is 3.02. The van der Waals surface area contributed by atoms with Gasteiger partial charge in [-0.05, 0) is 0 Å². The molecule has 0 aromatic heterocycles. The molecule has 0 saturated heterocycles. The molecule has 0 aliphatic carbocycles. The van der Waals surface area contributed by atoms with Crippen LogP contribution in [0.4, 0.5) is 0 Å². The molecule has 0 unspecified atom stereocenters. The van der Waals surface area contributed by atoms with Gasteiger partial charge in [0.15, 0.2) is 0 Å². The van der Waals surface area contributed by atoms with Gasteiger partial charge in [-0.3, -0.25) is 4.79 Å². The van der Waals surface area contributed by atoms with Crippen molar-refractivity contribution in [3.63, 3.8) is 0 Å². The Morgan fingerprint density at radius 1 is 1.86 bits per heavy atom. The molecule has 7 heavy (non-hydrogen) atoms. The van der Waals surface area contributed by atoms with Crippen LogP contribution in [-0.4, -0.2) is 5.78 Å². The molecule has 0 aliphatic rings. The monoisotopic (exact) mass is 96.0 g/mol. The number of carbonyl (C=O) groups excluding carboxylic acids is 1. The molecular weight excluding hydrogens is 90.1 g/mol. The van der Waals surface area contributed by atoms with E-state index in [1.54, 1.807) is 0 Å². The summed E-state index contributed by atoms with van der Waals surface area (Å²) in [4.78, 5) is 9.94. The summed E-state index contributed by atoms with van der Waals surface area (Å²) in [5, 5.41) is 7.89. The molecule has 0 saturated carbocycles. The molecule has 0 heterocycles. The van der Waals surface area contributed by atoms with Crippen LogP contribution in [0.3, 0.4) is 0 Å². The lowest BCUT2D eigenvalue weighted by Gasteiger charge is -1.78. The summed E-state index contributed by atoms with van der Waals surface area (Å²) in [5.74, 6) is -0.165. The first-order valence-electron chi connectivity index (χ1n) is 1.99. The quantitative estimate of drug-likeness (QED) is 0.507. The fourth-order valence-electron chi connectivity index (χ4n) is 0.195. The average molecular weight is 96.1 g/mol. The third-order valence-electron chi connectivity index (χ3n) is 0.516. The zero-order valence-electron chi connectivity index (χ0n) is 3.98. The van der Waals surface area contributed by atoms with Crippen molar-refractivity contribution in [3.8, 4) is 6.07 Å². The predicted molar refractivity (Wildman–Crippen MR) is 25.2 cm³/mol. The molecule has 0 amide bonds. The molecule has 2 nitrogen and oxygen atoms in total. The summed E-state index contributed by atoms with van der Waals surface area (Å²) < 4.78 is 0. The van der Waals surface area contributed by atoms with Crippen molar-refractivity contribution in [1.82, 2.24) is 0 Å². The van der Waals surface area contributed by atoms with Gasteiger partial charge in [-0.15, -0.1) is 0 Å². The van der Waals surface area contributed by atoms with E-state index >= 15 is 0 Å². The third-order valence-corrected chi connectivity index (χ3v) is 0.516. The van der Waals surface area contributed by atoms with Crippen LogP contribution in [-0.2, 0) is 4.79 Å². The minimum atomic E-state index is -0.165. The first kappa shape index (κ1) is 6.16. The number of Topliss-reactive ketones (excluding diaryl/α,β-unsaturated/α-hetero) is 1. The van der Waals surface area contributed by atoms with Gasteiger partial charge < -0.3 is 0 Å². The number of carbonyl (C=O) groups is 1. The van der Waals surface area contributed by atoms with E-state index in [1.807, 2.05) is 6.07 Å². The highest BCUT2D eigenvalue weighted by atomic mass is 16.1. The van der Waals surface area contributed by atoms with Crippen molar-refractivity contribution in [3.05, 3.63) is 6.92 Å². The molecule has 37 valence electrons. The Morgan fingerprint density at radius 3 is 2.57 bits per heavy atom. The van der Waals surface area contributed by atoms with Gasteiger partial charge in [0.2, 0.25) is 0 Å². The molecule has 0 spiro atoms. The Hall–Kier alpha value is -0.840. The Morgan fingerprint density at radius 2 is 2.43 bits per heavy atom. The van der Waals surface area contributed by atoms with Crippen LogP contribution in [0.1, 0.15) is 12.8 Å². The number of hydrogen-bond donors (Lipinski definition) is 0. The second-order valence-electron chi connectivity index (χ2n) is 1.20. The molecule has 0 rings (SSSR count). The summed E-state index contributed by atoms with van der Waals surface area (Å²) in [6.45, 7) is 3.09. The fourth-order valence-corrected chi connectivity index (χ4v) is 0.195. The van der Waals surface area contributed by atoms with Gasteiger partial charge in [-0.2, -0.15) is 5.26 Å². The van der Waals surface area contributed by atoms with Crippen LogP contribution in [0.25, 0.3) is 0 Å². The van der Waals surface area contributed by atoms with E-state index in [0.29, 0.717) is 6.42 Å². The highest BCUT2D eigenvalue weighted by Crippen LogP contribution is 1.84.